The molecule has 5 heterocycles. The maximum atomic E-state index is 13.6. The third kappa shape index (κ3) is 3.11. The number of rotatable bonds is 3. The molecule has 8 nitrogen and oxygen atoms in total. The number of alkyl halides is 2. The van der Waals surface area contributed by atoms with E-state index < -0.39 is 37.1 Å². The Morgan fingerprint density at radius 3 is 2.92 bits per heavy atom. The summed E-state index contributed by atoms with van der Waals surface area (Å²) in [5, 5.41) is 0. The van der Waals surface area contributed by atoms with E-state index in [1.165, 1.54) is 18.2 Å². The second-order valence-electron chi connectivity index (χ2n) is 9.86. The fraction of sp³-hybridized carbons (Fsp3) is 0.296. The van der Waals surface area contributed by atoms with Gasteiger partial charge in [0.2, 0.25) is 0 Å². The minimum Gasteiger partial charge on any atom is -0.489 e. The summed E-state index contributed by atoms with van der Waals surface area (Å²) in [6.07, 6.45) is 1.86. The van der Waals surface area contributed by atoms with E-state index >= 15 is 0 Å². The van der Waals surface area contributed by atoms with Crippen LogP contribution < -0.4 is 15.2 Å². The van der Waals surface area contributed by atoms with Crippen LogP contribution in [0, 0.1) is 0 Å². The first-order valence-electron chi connectivity index (χ1n) is 13.3. The summed E-state index contributed by atoms with van der Waals surface area (Å²) in [5.74, 6) is 0.0152. The van der Waals surface area contributed by atoms with Gasteiger partial charge < -0.3 is 24.7 Å². The van der Waals surface area contributed by atoms with Gasteiger partial charge in [0, 0.05) is 40.4 Å². The van der Waals surface area contributed by atoms with Crippen LogP contribution >= 0.6 is 0 Å². The lowest BCUT2D eigenvalue weighted by Gasteiger charge is -2.24. The van der Waals surface area contributed by atoms with E-state index in [0.717, 1.165) is 16.0 Å². The topological polar surface area (TPSA) is 95.5 Å². The predicted octanol–water partition coefficient (Wildman–Crippen LogP) is 4.39. The number of ether oxygens (including phenoxy) is 2. The lowest BCUT2D eigenvalue weighted by Crippen LogP contribution is -2.35. The summed E-state index contributed by atoms with van der Waals surface area (Å²) in [7, 11) is 0. The Balaban J connectivity index is 1.43. The molecular formula is C27H23F2N5O3. The molecule has 3 atom stereocenters. The van der Waals surface area contributed by atoms with Gasteiger partial charge in [0.25, 0.3) is 5.91 Å². The van der Waals surface area contributed by atoms with Crippen molar-refractivity contribution in [2.75, 3.05) is 13.6 Å². The number of fused-ring (bicyclic) bond motifs is 10. The fourth-order valence-electron chi connectivity index (χ4n) is 5.73. The molecule has 0 fully saturated rings. The number of hydrogen-bond acceptors (Lipinski definition) is 6. The van der Waals surface area contributed by atoms with Gasteiger partial charge in [-0.1, -0.05) is 12.1 Å². The molecule has 10 heteroatoms. The zero-order valence-corrected chi connectivity index (χ0v) is 19.6. The highest BCUT2D eigenvalue weighted by Gasteiger charge is 2.45. The molecule has 2 bridgehead atoms. The Kier molecular flexibility index (Phi) is 3.87. The highest BCUT2D eigenvalue weighted by Crippen LogP contribution is 2.50. The molecule has 0 saturated carbocycles. The van der Waals surface area contributed by atoms with Crippen LogP contribution in [-0.2, 0) is 5.54 Å². The lowest BCUT2D eigenvalue weighted by atomic mass is 9.97. The van der Waals surface area contributed by atoms with Crippen LogP contribution in [0.25, 0.3) is 22.2 Å². The molecular weight excluding hydrogens is 480 g/mol. The predicted molar refractivity (Wildman–Crippen MR) is 131 cm³/mol. The van der Waals surface area contributed by atoms with Gasteiger partial charge >= 0.3 is 6.61 Å². The number of imidazole rings is 1. The van der Waals surface area contributed by atoms with Crippen molar-refractivity contribution in [3.63, 3.8) is 0 Å². The molecule has 188 valence electrons. The van der Waals surface area contributed by atoms with Crippen molar-refractivity contribution in [3.8, 4) is 22.6 Å². The van der Waals surface area contributed by atoms with E-state index in [1.54, 1.807) is 12.3 Å². The molecule has 4 aromatic rings. The first-order chi connectivity index (χ1) is 18.9. The standard InChI is InChI=1S/C27H23F2N5O3/c1-27(30)12-36-21-9-14(11-31-23(21)27)13-6-7-16-17(8-13)34-18-10-19(24(34)32-16)33(2)25(35)15-4-3-5-20(22(15)18)37-26(28)29/h3-9,11,18-19,26H,10,12,30H2,1-2H3/t18-,19-,27+/m1/s1/i2D3. The van der Waals surface area contributed by atoms with E-state index in [2.05, 4.69) is 4.98 Å². The minimum absolute atomic E-state index is 0.00948. The molecule has 37 heavy (non-hydrogen) atoms. The number of amides is 1. The van der Waals surface area contributed by atoms with Crippen LogP contribution in [0.15, 0.2) is 48.7 Å². The molecule has 7 rings (SSSR count). The molecule has 1 amide bonds. The van der Waals surface area contributed by atoms with E-state index in [9.17, 15) is 13.6 Å². The number of hydrogen-bond donors (Lipinski definition) is 1. The van der Waals surface area contributed by atoms with Crippen molar-refractivity contribution in [3.05, 3.63) is 71.3 Å². The van der Waals surface area contributed by atoms with Gasteiger partial charge in [-0.05, 0) is 42.8 Å². The average molecular weight is 507 g/mol. The van der Waals surface area contributed by atoms with Crippen LogP contribution in [0.3, 0.4) is 0 Å². The number of carbonyl (C=O) groups is 1. The highest BCUT2D eigenvalue weighted by molar-refractivity contribution is 5.98. The lowest BCUT2D eigenvalue weighted by molar-refractivity contribution is -0.0507. The normalized spacial score (nSPS) is 25.2. The Hall–Kier alpha value is -4.05. The molecule has 0 unspecified atom stereocenters. The van der Waals surface area contributed by atoms with Crippen molar-refractivity contribution < 1.29 is 27.2 Å². The van der Waals surface area contributed by atoms with E-state index in [4.69, 9.17) is 24.3 Å². The van der Waals surface area contributed by atoms with Gasteiger partial charge in [0.05, 0.1) is 28.7 Å². The summed E-state index contributed by atoms with van der Waals surface area (Å²) < 4.78 is 63.7. The van der Waals surface area contributed by atoms with Crippen molar-refractivity contribution in [2.24, 2.45) is 5.73 Å². The summed E-state index contributed by atoms with van der Waals surface area (Å²) in [4.78, 5) is 23.7. The highest BCUT2D eigenvalue weighted by atomic mass is 19.3. The van der Waals surface area contributed by atoms with Crippen molar-refractivity contribution >= 4 is 16.9 Å². The van der Waals surface area contributed by atoms with Crippen LogP contribution in [0.5, 0.6) is 11.5 Å². The number of nitrogens with zero attached hydrogens (tertiary/aromatic N) is 4. The quantitative estimate of drug-likeness (QED) is 0.443. The van der Waals surface area contributed by atoms with Crippen LogP contribution in [0.4, 0.5) is 8.78 Å². The second kappa shape index (κ2) is 7.48. The molecule has 2 aromatic heterocycles. The number of nitrogens with two attached hydrogens (primary N) is 1. The van der Waals surface area contributed by atoms with Crippen LogP contribution in [0.1, 0.15) is 57.0 Å². The largest absolute Gasteiger partial charge is 0.489 e. The zero-order chi connectivity index (χ0) is 28.1. The molecule has 0 radical (unpaired) electrons. The SMILES string of the molecule is [2H]C([2H])([2H])N1C(=O)c2cccc(OC(F)F)c2[C@H]2C[C@@H]1c1nc3ccc(-c4cnc5c(c4)OC[C@]5(C)N)cc3n12. The molecule has 3 aliphatic heterocycles. The summed E-state index contributed by atoms with van der Waals surface area (Å²) in [6.45, 7) is -3.75. The number of benzene rings is 2. The molecule has 0 spiro atoms. The van der Waals surface area contributed by atoms with Crippen LogP contribution in [0.2, 0.25) is 0 Å². The maximum Gasteiger partial charge on any atom is 0.387 e. The number of aromatic nitrogens is 3. The zero-order valence-electron chi connectivity index (χ0n) is 22.6. The molecule has 0 aliphatic carbocycles. The second-order valence-corrected chi connectivity index (χ2v) is 9.86. The van der Waals surface area contributed by atoms with Crippen molar-refractivity contribution in [1.82, 2.24) is 19.4 Å². The molecule has 2 N–H and O–H groups in total. The van der Waals surface area contributed by atoms with Crippen LogP contribution in [-0.4, -0.2) is 45.5 Å². The third-order valence-electron chi connectivity index (χ3n) is 7.40. The minimum atomic E-state index is -3.13. The number of carbonyl (C=O) groups excluding carboxylic acids is 1. The summed E-state index contributed by atoms with van der Waals surface area (Å²) in [5.41, 5.74) is 9.27. The van der Waals surface area contributed by atoms with Gasteiger partial charge in [0.1, 0.15) is 29.6 Å². The Labute approximate surface area is 214 Å². The molecule has 2 aromatic carbocycles. The Morgan fingerprint density at radius 1 is 1.24 bits per heavy atom. The summed E-state index contributed by atoms with van der Waals surface area (Å²) >= 11 is 0. The van der Waals surface area contributed by atoms with Gasteiger partial charge in [-0.2, -0.15) is 8.78 Å². The Bertz CT molecular complexity index is 1720. The first-order valence-corrected chi connectivity index (χ1v) is 11.8. The molecule has 0 saturated heterocycles. The third-order valence-corrected chi connectivity index (χ3v) is 7.40. The van der Waals surface area contributed by atoms with Gasteiger partial charge in [-0.15, -0.1) is 0 Å². The monoisotopic (exact) mass is 506 g/mol. The average Bonchev–Trinajstić information content (AvgIpc) is 3.49. The fourth-order valence-corrected chi connectivity index (χ4v) is 5.73. The van der Waals surface area contributed by atoms with Gasteiger partial charge in [-0.25, -0.2) is 4.98 Å². The van der Waals surface area contributed by atoms with E-state index in [-0.39, 0.29) is 23.3 Å². The molecule has 3 aliphatic rings. The number of halogens is 2. The van der Waals surface area contributed by atoms with E-state index in [1.807, 2.05) is 29.7 Å². The Morgan fingerprint density at radius 2 is 2.11 bits per heavy atom. The first kappa shape index (κ1) is 19.1. The van der Waals surface area contributed by atoms with Crippen molar-refractivity contribution in [1.29, 1.82) is 0 Å². The number of pyridine rings is 1. The van der Waals surface area contributed by atoms with E-state index in [0.29, 0.717) is 34.9 Å². The smallest absolute Gasteiger partial charge is 0.387 e. The maximum absolute atomic E-state index is 13.6. The van der Waals surface area contributed by atoms with Gasteiger partial charge in [-0.3, -0.25) is 9.78 Å². The van der Waals surface area contributed by atoms with Gasteiger partial charge in [0.15, 0.2) is 0 Å². The van der Waals surface area contributed by atoms with Crippen molar-refractivity contribution in [2.45, 2.75) is 37.6 Å². The summed E-state index contributed by atoms with van der Waals surface area (Å²) in [6, 6.07) is 10.1.